The summed E-state index contributed by atoms with van der Waals surface area (Å²) in [5, 5.41) is 0. The number of carbonyl (C=O) groups excluding carboxylic acids is 1. The quantitative estimate of drug-likeness (QED) is 0.296. The average Bonchev–Trinajstić information content (AvgIpc) is 1.68. The van der Waals surface area contributed by atoms with Gasteiger partial charge in [0.1, 0.15) is 0 Å². The highest BCUT2D eigenvalue weighted by Crippen LogP contribution is 1.69. The molecule has 0 bridgehead atoms. The van der Waals surface area contributed by atoms with E-state index >= 15 is 0 Å². The van der Waals surface area contributed by atoms with Crippen LogP contribution in [0.3, 0.4) is 0 Å². The van der Waals surface area contributed by atoms with Gasteiger partial charge >= 0.3 is 5.97 Å². The van der Waals surface area contributed by atoms with E-state index < -0.39 is 0 Å². The molecule has 0 unspecified atom stereocenters. The van der Waals surface area contributed by atoms with Gasteiger partial charge in [0.25, 0.3) is 0 Å². The number of hydrogen-bond acceptors (Lipinski definition) is 2. The van der Waals surface area contributed by atoms with Crippen LogP contribution in [-0.4, -0.2) is 19.1 Å². The Morgan fingerprint density at radius 3 is 2.88 bits per heavy atom. The van der Waals surface area contributed by atoms with Gasteiger partial charge in [0, 0.05) is 0 Å². The van der Waals surface area contributed by atoms with Gasteiger partial charge in [0.2, 0.25) is 0 Å². The van der Waals surface area contributed by atoms with Gasteiger partial charge in [-0.1, -0.05) is 0 Å². The Morgan fingerprint density at radius 1 is 1.88 bits per heavy atom. The van der Waals surface area contributed by atoms with E-state index in [0.717, 1.165) is 5.43 Å². The predicted octanol–water partition coefficient (Wildman–Crippen LogP) is -0.920. The number of nitrogens with one attached hydrogen (secondary N) is 1. The maximum Gasteiger partial charge on any atom is 0.360 e. The summed E-state index contributed by atoms with van der Waals surface area (Å²) < 4.78 is 4.49. The van der Waals surface area contributed by atoms with Crippen molar-refractivity contribution in [2.24, 2.45) is 0 Å². The molecule has 0 aromatic rings. The molecule has 0 radical (unpaired) electrons. The molecule has 0 rings (SSSR count). The van der Waals surface area contributed by atoms with Crippen LogP contribution in [0.25, 0.3) is 5.84 Å². The molecule has 0 saturated carbocycles. The summed E-state index contributed by atoms with van der Waals surface area (Å²) in [6.07, 6.45) is 0. The van der Waals surface area contributed by atoms with Gasteiger partial charge in [-0.05, 0) is 6.92 Å². The second-order valence-corrected chi connectivity index (χ2v) is 1.21. The number of carbonyl (C=O) groups is 1. The molecule has 0 atom stereocenters. The molecule has 3 N–H and O–H groups in total. The third-order valence-corrected chi connectivity index (χ3v) is 0.574. The zero-order valence-corrected chi connectivity index (χ0v) is 4.81. The highest BCUT2D eigenvalue weighted by atomic mass is 16.5. The number of esters is 1. The van der Waals surface area contributed by atoms with Crippen LogP contribution in [0.4, 0.5) is 0 Å². The Morgan fingerprint density at radius 2 is 2.50 bits per heavy atom. The van der Waals surface area contributed by atoms with E-state index in [9.17, 15) is 4.79 Å². The maximum atomic E-state index is 10.3. The highest BCUT2D eigenvalue weighted by molar-refractivity contribution is 5.70. The summed E-state index contributed by atoms with van der Waals surface area (Å²) in [4.78, 5) is 10.3. The molecule has 0 aromatic heterocycles. The summed E-state index contributed by atoms with van der Waals surface area (Å²) in [6.45, 7) is 2.22. The summed E-state index contributed by atoms with van der Waals surface area (Å²) in [7, 11) is 0. The van der Waals surface area contributed by atoms with E-state index in [1.165, 1.54) is 0 Å². The molecule has 0 heterocycles. The van der Waals surface area contributed by atoms with E-state index in [1.54, 1.807) is 6.92 Å². The van der Waals surface area contributed by atoms with Crippen molar-refractivity contribution in [1.82, 2.24) is 0 Å². The Labute approximate surface area is 48.0 Å². The van der Waals surface area contributed by atoms with E-state index in [1.807, 2.05) is 0 Å². The molecule has 4 nitrogen and oxygen atoms in total. The lowest BCUT2D eigenvalue weighted by molar-refractivity contribution is -0.579. The summed E-state index contributed by atoms with van der Waals surface area (Å²) in [5.41, 5.74) is 1.03. The van der Waals surface area contributed by atoms with Crippen molar-refractivity contribution in [2.75, 3.05) is 13.2 Å². The lowest BCUT2D eigenvalue weighted by Crippen LogP contribution is -2.77. The Balaban J connectivity index is 3.06. The van der Waals surface area contributed by atoms with Gasteiger partial charge in [-0.25, -0.2) is 4.79 Å². The fourth-order valence-electron chi connectivity index (χ4n) is 0.303. The van der Waals surface area contributed by atoms with Gasteiger partial charge in [0.15, 0.2) is 6.54 Å². The number of rotatable bonds is 3. The van der Waals surface area contributed by atoms with E-state index in [2.05, 4.69) is 4.74 Å². The van der Waals surface area contributed by atoms with Crippen LogP contribution < -0.4 is 5.43 Å². The molecule has 0 saturated heterocycles. The molecule has 0 aliphatic rings. The zero-order chi connectivity index (χ0) is 6.41. The second kappa shape index (κ2) is 4.55. The fourth-order valence-corrected chi connectivity index (χ4v) is 0.303. The summed E-state index contributed by atoms with van der Waals surface area (Å²) >= 11 is 0. The lowest BCUT2D eigenvalue weighted by Gasteiger charge is -1.99. The van der Waals surface area contributed by atoms with Crippen molar-refractivity contribution < 1.29 is 15.0 Å². The number of hydrogen-bond donors (Lipinski definition) is 1. The largest absolute Gasteiger partial charge is 0.471 e. The van der Waals surface area contributed by atoms with Crippen LogP contribution in [0.15, 0.2) is 0 Å². The van der Waals surface area contributed by atoms with Gasteiger partial charge in [-0.15, -0.1) is 0 Å². The van der Waals surface area contributed by atoms with Crippen LogP contribution in [0.1, 0.15) is 6.92 Å². The monoisotopic (exact) mass is 118 g/mol. The number of nitrogens with two attached hydrogens (primary N) is 1. The zero-order valence-electron chi connectivity index (χ0n) is 4.81. The topological polar surface area (TPSA) is 66.7 Å². The minimum Gasteiger partial charge on any atom is -0.471 e. The molecule has 0 fully saturated rings. The molecule has 4 heteroatoms. The second-order valence-electron chi connectivity index (χ2n) is 1.21. The van der Waals surface area contributed by atoms with Gasteiger partial charge < -0.3 is 16.0 Å². The van der Waals surface area contributed by atoms with Crippen molar-refractivity contribution in [3.8, 4) is 0 Å². The molecular weight excluding hydrogens is 108 g/mol. The first kappa shape index (κ1) is 7.39. The van der Waals surface area contributed by atoms with Crippen molar-refractivity contribution in [3.05, 3.63) is 5.84 Å². The lowest BCUT2D eigenvalue weighted by atomic mass is 10.7. The van der Waals surface area contributed by atoms with Crippen LogP contribution in [0, 0.1) is 0 Å². The smallest absolute Gasteiger partial charge is 0.360 e. The van der Waals surface area contributed by atoms with Crippen molar-refractivity contribution >= 4 is 5.97 Å². The molecule has 0 aromatic carbocycles. The summed E-state index contributed by atoms with van der Waals surface area (Å²) in [6, 6.07) is 0. The number of quaternary nitrogens is 1. The maximum absolute atomic E-state index is 10.3. The van der Waals surface area contributed by atoms with Gasteiger partial charge in [-0.2, -0.15) is 0 Å². The Hall–Kier alpha value is -0.610. The molecule has 0 aliphatic carbocycles. The highest BCUT2D eigenvalue weighted by Gasteiger charge is 1.96. The SMILES string of the molecule is CCOC(=O)C[NH2+][NH-]. The summed E-state index contributed by atoms with van der Waals surface area (Å²) in [5.74, 6) is 6.15. The Kier molecular flexibility index (Phi) is 4.20. The standard InChI is InChI=1S/C4H10N2O2/c1-2-8-4(7)3-6-5/h5H,2-3,6H2,1H3. The third kappa shape index (κ3) is 3.58. The third-order valence-electron chi connectivity index (χ3n) is 0.574. The first-order valence-corrected chi connectivity index (χ1v) is 2.45. The molecular formula is C4H10N2O2. The van der Waals surface area contributed by atoms with Crippen molar-refractivity contribution in [3.63, 3.8) is 0 Å². The van der Waals surface area contributed by atoms with Crippen molar-refractivity contribution in [1.29, 1.82) is 0 Å². The van der Waals surface area contributed by atoms with Crippen LogP contribution in [0.2, 0.25) is 0 Å². The van der Waals surface area contributed by atoms with E-state index in [0.29, 0.717) is 6.61 Å². The van der Waals surface area contributed by atoms with E-state index in [4.69, 9.17) is 5.84 Å². The minimum atomic E-state index is -0.331. The molecule has 0 amide bonds. The first-order chi connectivity index (χ1) is 3.81. The molecule has 48 valence electrons. The predicted molar refractivity (Wildman–Crippen MR) is 27.7 cm³/mol. The number of ether oxygens (including phenoxy) is 1. The average molecular weight is 118 g/mol. The van der Waals surface area contributed by atoms with Gasteiger partial charge in [-0.3, -0.25) is 0 Å². The normalized spacial score (nSPS) is 8.75. The van der Waals surface area contributed by atoms with Crippen molar-refractivity contribution in [2.45, 2.75) is 6.92 Å². The van der Waals surface area contributed by atoms with Gasteiger partial charge in [0.05, 0.1) is 6.61 Å². The molecule has 0 spiro atoms. The van der Waals surface area contributed by atoms with E-state index in [-0.39, 0.29) is 12.5 Å². The van der Waals surface area contributed by atoms with Crippen LogP contribution in [-0.2, 0) is 9.53 Å². The van der Waals surface area contributed by atoms with Crippen LogP contribution in [0.5, 0.6) is 0 Å². The first-order valence-electron chi connectivity index (χ1n) is 2.45. The minimum absolute atomic E-state index is 0.0911. The molecule has 0 aliphatic heterocycles. The Bertz CT molecular complexity index is 66.4. The van der Waals surface area contributed by atoms with Crippen LogP contribution >= 0.6 is 0 Å². The molecule has 8 heavy (non-hydrogen) atoms. The fraction of sp³-hybridized carbons (Fsp3) is 0.750.